The summed E-state index contributed by atoms with van der Waals surface area (Å²) in [5, 5.41) is 12.9. The minimum absolute atomic E-state index is 0.0547. The predicted molar refractivity (Wildman–Crippen MR) is 233 cm³/mol. The van der Waals surface area contributed by atoms with Gasteiger partial charge in [-0.15, -0.1) is 11.3 Å². The molecule has 2 atom stereocenters. The first-order chi connectivity index (χ1) is 30.2. The summed E-state index contributed by atoms with van der Waals surface area (Å²) in [6.07, 6.45) is -0.989. The Balaban J connectivity index is 1.58. The highest BCUT2D eigenvalue weighted by Crippen LogP contribution is 2.33. The molecule has 1 aromatic carbocycles. The number of nitrogens with two attached hydrogens (primary N) is 1. The second-order valence-corrected chi connectivity index (χ2v) is 20.1. The normalized spacial score (nSPS) is 15.8. The number of halogens is 1. The molecule has 1 unspecified atom stereocenters. The maximum absolute atomic E-state index is 15.8. The Hall–Kier alpha value is -6.12. The highest BCUT2D eigenvalue weighted by Gasteiger charge is 2.57. The minimum Gasteiger partial charge on any atom is -0.724 e. The van der Waals surface area contributed by atoms with Gasteiger partial charge in [0.05, 0.1) is 23.8 Å². The van der Waals surface area contributed by atoms with Crippen molar-refractivity contribution in [2.45, 2.75) is 124 Å². The van der Waals surface area contributed by atoms with Crippen LogP contribution < -0.4 is 31.1 Å². The van der Waals surface area contributed by atoms with E-state index in [-0.39, 0.29) is 33.0 Å². The third kappa shape index (κ3) is 14.7. The molecule has 3 heterocycles. The summed E-state index contributed by atoms with van der Waals surface area (Å²) in [5.41, 5.74) is 1.82. The Bertz CT molecular complexity index is 2450. The lowest BCUT2D eigenvalue weighted by molar-refractivity contribution is -0.740. The number of nitrogens with one attached hydrogen (secondary N) is 3. The van der Waals surface area contributed by atoms with Crippen LogP contribution in [0.1, 0.15) is 88.3 Å². The number of alkyl carbamates (subject to hydrolysis) is 1. The zero-order valence-corrected chi connectivity index (χ0v) is 40.2. The maximum atomic E-state index is 15.8. The number of rotatable bonds is 17. The number of carbonyl (C=O) groups is 5. The molecule has 364 valence electrons. The van der Waals surface area contributed by atoms with Gasteiger partial charge in [-0.2, -0.15) is 14.0 Å². The lowest BCUT2D eigenvalue weighted by Gasteiger charge is -2.51. The van der Waals surface area contributed by atoms with Gasteiger partial charge in [0.25, 0.3) is 17.9 Å². The standard InChI is InChI=1S/C40H56FN9O14S2/c1-37(2,3)60-33(53)27(20-59-22-14-15-23(25(41)18-22)24-19-49(48(12)30(24)42)17-13-16-43-35(54)61-38(4,5)6)63-47-28(26-21-65-34(44-26)46-36(55)62-39(7,8)9)31(51)45-29-32(52)50(40(29,10)11)64-66(56,57)58/h14-15,18-19,21,27,29,42H,13,16-17,20H2,1-12H3,(H4,43,44,45,46,51,54,55,56,57,58)/b47-28-/t27?,29-/m1/s1. The highest BCUT2D eigenvalue weighted by atomic mass is 32.3. The van der Waals surface area contributed by atoms with Crippen LogP contribution in [0.15, 0.2) is 34.9 Å². The molecule has 3 aromatic rings. The van der Waals surface area contributed by atoms with E-state index in [9.17, 15) is 36.9 Å². The Labute approximate surface area is 384 Å². The number of hydrogen-bond acceptors (Lipinski definition) is 18. The molecule has 1 fully saturated rings. The zero-order chi connectivity index (χ0) is 49.7. The Morgan fingerprint density at radius 2 is 1.64 bits per heavy atom. The Kier molecular flexibility index (Phi) is 16.0. The first-order valence-corrected chi connectivity index (χ1v) is 22.4. The maximum Gasteiger partial charge on any atom is 0.413 e. The molecule has 26 heteroatoms. The van der Waals surface area contributed by atoms with Crippen molar-refractivity contribution < 1.29 is 74.1 Å². The lowest BCUT2D eigenvalue weighted by Crippen LogP contribution is -2.76. The molecule has 23 nitrogen and oxygen atoms in total. The summed E-state index contributed by atoms with van der Waals surface area (Å²) in [5.74, 6) is -3.80. The molecule has 66 heavy (non-hydrogen) atoms. The van der Waals surface area contributed by atoms with Crippen molar-refractivity contribution in [2.75, 3.05) is 24.2 Å². The smallest absolute Gasteiger partial charge is 0.413 e. The van der Waals surface area contributed by atoms with Gasteiger partial charge in [0, 0.05) is 23.6 Å². The van der Waals surface area contributed by atoms with Gasteiger partial charge in [-0.3, -0.25) is 20.6 Å². The van der Waals surface area contributed by atoms with Crippen molar-refractivity contribution in [3.8, 4) is 16.9 Å². The number of aromatic nitrogens is 3. The molecule has 2 aromatic heterocycles. The minimum atomic E-state index is -5.36. The summed E-state index contributed by atoms with van der Waals surface area (Å²) in [4.78, 5) is 74.5. The molecule has 0 aliphatic carbocycles. The number of oxime groups is 1. The van der Waals surface area contributed by atoms with Crippen molar-refractivity contribution in [1.29, 1.82) is 0 Å². The molecular weight excluding hydrogens is 914 g/mol. The molecule has 0 radical (unpaired) electrons. The number of amides is 4. The number of hydroxylamine groups is 2. The summed E-state index contributed by atoms with van der Waals surface area (Å²) in [7, 11) is -3.67. The van der Waals surface area contributed by atoms with Crippen molar-refractivity contribution in [1.82, 2.24) is 25.4 Å². The molecule has 1 aliphatic rings. The van der Waals surface area contributed by atoms with Gasteiger partial charge >= 0.3 is 24.0 Å². The van der Waals surface area contributed by atoms with E-state index in [4.69, 9.17) is 29.5 Å². The number of carbonyl (C=O) groups excluding carboxylic acids is 5. The van der Waals surface area contributed by atoms with Crippen molar-refractivity contribution in [3.05, 3.63) is 41.3 Å². The molecule has 4 rings (SSSR count). The first kappa shape index (κ1) is 52.5. The van der Waals surface area contributed by atoms with Gasteiger partial charge in [0.2, 0.25) is 10.4 Å². The Morgan fingerprint density at radius 1 is 1.02 bits per heavy atom. The number of β-lactam (4-membered cyclic amide) rings is 1. The molecule has 4 amide bonds. The van der Waals surface area contributed by atoms with Gasteiger partial charge in [-0.05, 0) is 94.7 Å². The van der Waals surface area contributed by atoms with Gasteiger partial charge in [-0.1, -0.05) is 5.16 Å². The second-order valence-electron chi connectivity index (χ2n) is 18.3. The fourth-order valence-electron chi connectivity index (χ4n) is 5.84. The van der Waals surface area contributed by atoms with Gasteiger partial charge in [0.1, 0.15) is 53.8 Å². The van der Waals surface area contributed by atoms with Crippen LogP contribution in [0.2, 0.25) is 0 Å². The van der Waals surface area contributed by atoms with Crippen LogP contribution in [0, 0.1) is 5.82 Å². The van der Waals surface area contributed by atoms with Crippen LogP contribution >= 0.6 is 11.3 Å². The van der Waals surface area contributed by atoms with Crippen LogP contribution in [0.4, 0.5) is 24.9 Å². The largest absolute Gasteiger partial charge is 0.724 e. The number of thiazole rings is 1. The molecule has 0 bridgehead atoms. The fraction of sp³-hybridized carbons (Fsp3) is 0.550. The fourth-order valence-corrected chi connectivity index (χ4v) is 6.96. The number of benzene rings is 1. The van der Waals surface area contributed by atoms with Crippen molar-refractivity contribution in [2.24, 2.45) is 12.2 Å². The van der Waals surface area contributed by atoms with Crippen LogP contribution in [0.25, 0.3) is 11.1 Å². The van der Waals surface area contributed by atoms with Crippen LogP contribution in [-0.2, 0) is 61.7 Å². The molecule has 0 spiro atoms. The highest BCUT2D eigenvalue weighted by molar-refractivity contribution is 7.80. The average molecular weight is 970 g/mol. The number of anilines is 2. The monoisotopic (exact) mass is 969 g/mol. The van der Waals surface area contributed by atoms with E-state index in [0.717, 1.165) is 17.4 Å². The Morgan fingerprint density at radius 3 is 2.21 bits per heavy atom. The topological polar surface area (TPSA) is 297 Å². The number of hydrogen-bond donors (Lipinski definition) is 4. The molecule has 1 saturated heterocycles. The number of nitrogen functional groups attached to an aromatic ring is 1. The third-order valence-corrected chi connectivity index (χ3v) is 9.87. The lowest BCUT2D eigenvalue weighted by atomic mass is 9.84. The van der Waals surface area contributed by atoms with Gasteiger partial charge < -0.3 is 39.0 Å². The average Bonchev–Trinajstić information content (AvgIpc) is 3.72. The first-order valence-electron chi connectivity index (χ1n) is 20.2. The van der Waals surface area contributed by atoms with E-state index in [1.165, 1.54) is 31.4 Å². The van der Waals surface area contributed by atoms with E-state index in [1.807, 2.05) is 0 Å². The predicted octanol–water partition coefficient (Wildman–Crippen LogP) is 3.43. The number of nitrogens with zero attached hydrogens (tertiary/aromatic N) is 5. The summed E-state index contributed by atoms with van der Waals surface area (Å²) < 4.78 is 78.9. The zero-order valence-electron chi connectivity index (χ0n) is 38.6. The van der Waals surface area contributed by atoms with E-state index in [1.54, 1.807) is 84.9 Å². The third-order valence-electron chi connectivity index (χ3n) is 8.78. The molecule has 1 aliphatic heterocycles. The summed E-state index contributed by atoms with van der Waals surface area (Å²) >= 11 is 0.845. The molecular formula is C40H56FN9O14S2. The molecule has 5 N–H and O–H groups in total. The second kappa shape index (κ2) is 20.2. The van der Waals surface area contributed by atoms with E-state index >= 15 is 4.39 Å². The van der Waals surface area contributed by atoms with E-state index in [2.05, 4.69) is 30.4 Å². The quantitative estimate of drug-likeness (QED) is 0.0173. The van der Waals surface area contributed by atoms with Crippen LogP contribution in [-0.4, -0.2) is 111 Å². The van der Waals surface area contributed by atoms with Crippen molar-refractivity contribution in [3.63, 3.8) is 0 Å². The number of aryl methyl sites for hydroxylation is 1. The summed E-state index contributed by atoms with van der Waals surface area (Å²) in [6.45, 7) is 17.6. The van der Waals surface area contributed by atoms with E-state index in [0.29, 0.717) is 25.1 Å². The van der Waals surface area contributed by atoms with Gasteiger partial charge in [-0.25, -0.2) is 36.9 Å². The van der Waals surface area contributed by atoms with Crippen molar-refractivity contribution >= 4 is 68.4 Å². The molecule has 0 saturated carbocycles. The number of esters is 1. The van der Waals surface area contributed by atoms with Gasteiger partial charge in [0.15, 0.2) is 10.8 Å². The van der Waals surface area contributed by atoms with Crippen LogP contribution in [0.3, 0.4) is 0 Å². The van der Waals surface area contributed by atoms with Crippen LogP contribution in [0.5, 0.6) is 5.75 Å². The SMILES string of the molecule is C[n+]1c(N)c(-c2ccc(OCC(O/N=C(\C(=O)N[C@@H]3C(=O)N(OS(=O)(=O)[O-])C3(C)C)c3csc(NC(=O)OC(C)(C)C)n3)C(=O)OC(C)(C)C)cc2F)cn1CCCNC(=O)OC(C)(C)C. The number of ether oxygens (including phenoxy) is 4. The van der Waals surface area contributed by atoms with E-state index < -0.39 is 93.0 Å². The summed E-state index contributed by atoms with van der Waals surface area (Å²) in [6, 6.07) is 2.43.